The van der Waals surface area contributed by atoms with Crippen molar-refractivity contribution >= 4 is 39.2 Å². The van der Waals surface area contributed by atoms with Gasteiger partial charge in [-0.15, -0.1) is 0 Å². The van der Waals surface area contributed by atoms with Gasteiger partial charge in [-0.3, -0.25) is 10.1 Å². The first-order chi connectivity index (χ1) is 12.1. The third-order valence-corrected chi connectivity index (χ3v) is 4.87. The minimum Gasteiger partial charge on any atom is -0.492 e. The number of carbonyl (C=O) groups is 1. The first kappa shape index (κ1) is 19.9. The van der Waals surface area contributed by atoms with E-state index in [1.54, 1.807) is 18.2 Å². The lowest BCUT2D eigenvalue weighted by Gasteiger charge is -2.14. The largest absolute Gasteiger partial charge is 0.492 e. The Morgan fingerprint density at radius 2 is 2.20 bits per heavy atom. The molecular weight excluding hydrogens is 400 g/mol. The second-order valence-corrected chi connectivity index (χ2v) is 7.32. The van der Waals surface area contributed by atoms with Gasteiger partial charge in [0.15, 0.2) is 5.11 Å². The molecule has 0 aromatic heterocycles. The molecule has 0 atom stereocenters. The van der Waals surface area contributed by atoms with Crippen LogP contribution in [0.2, 0.25) is 0 Å². The van der Waals surface area contributed by atoms with E-state index in [9.17, 15) is 4.79 Å². The average Bonchev–Trinajstić information content (AvgIpc) is 2.61. The van der Waals surface area contributed by atoms with Gasteiger partial charge < -0.3 is 10.1 Å². The molecule has 1 amide bonds. The lowest BCUT2D eigenvalue weighted by Crippen LogP contribution is -2.39. The van der Waals surface area contributed by atoms with Crippen LogP contribution in [0.3, 0.4) is 0 Å². The molecule has 0 unspecified atom stereocenters. The predicted octanol–water partition coefficient (Wildman–Crippen LogP) is 4.73. The molecule has 0 aliphatic heterocycles. The molecule has 0 saturated heterocycles. The quantitative estimate of drug-likeness (QED) is 0.490. The van der Waals surface area contributed by atoms with E-state index >= 15 is 0 Å². The van der Waals surface area contributed by atoms with Crippen molar-refractivity contribution in [3.63, 3.8) is 0 Å². The van der Waals surface area contributed by atoms with Crippen LogP contribution in [0.25, 0.3) is 0 Å². The van der Waals surface area contributed by atoms with Gasteiger partial charge in [-0.2, -0.15) is 0 Å². The molecule has 2 N–H and O–H groups in total. The van der Waals surface area contributed by atoms with Crippen LogP contribution in [0.1, 0.15) is 55.8 Å². The molecule has 136 valence electrons. The Labute approximate surface area is 163 Å². The number of benzene rings is 1. The number of amides is 1. The molecular formula is C19H25BrN2O2S. The van der Waals surface area contributed by atoms with Crippen molar-refractivity contribution in [1.29, 1.82) is 0 Å². The number of ether oxygens (including phenoxy) is 1. The lowest BCUT2D eigenvalue weighted by atomic mass is 9.97. The molecule has 0 saturated carbocycles. The molecule has 0 bridgehead atoms. The third kappa shape index (κ3) is 6.78. The number of halogens is 1. The van der Waals surface area contributed by atoms with Crippen molar-refractivity contribution < 1.29 is 9.53 Å². The van der Waals surface area contributed by atoms with Crippen molar-refractivity contribution in [3.05, 3.63) is 39.9 Å². The Kier molecular flexibility index (Phi) is 8.41. The number of hydrogen-bond donors (Lipinski definition) is 2. The van der Waals surface area contributed by atoms with Gasteiger partial charge in [-0.1, -0.05) is 18.6 Å². The summed E-state index contributed by atoms with van der Waals surface area (Å²) < 4.78 is 6.35. The maximum absolute atomic E-state index is 12.3. The maximum atomic E-state index is 12.3. The smallest absolute Gasteiger partial charge is 0.257 e. The highest BCUT2D eigenvalue weighted by atomic mass is 79.9. The van der Waals surface area contributed by atoms with Crippen LogP contribution in [0.4, 0.5) is 0 Å². The molecule has 1 aromatic carbocycles. The van der Waals surface area contributed by atoms with Crippen LogP contribution in [0.5, 0.6) is 5.75 Å². The summed E-state index contributed by atoms with van der Waals surface area (Å²) in [6.45, 7) is 3.45. The first-order valence-electron chi connectivity index (χ1n) is 8.79. The molecule has 2 rings (SSSR count). The Morgan fingerprint density at radius 3 is 2.88 bits per heavy atom. The van der Waals surface area contributed by atoms with Crippen molar-refractivity contribution in [1.82, 2.24) is 10.6 Å². The molecule has 4 nitrogen and oxygen atoms in total. The van der Waals surface area contributed by atoms with Gasteiger partial charge in [0, 0.05) is 12.1 Å². The monoisotopic (exact) mass is 424 g/mol. The SMILES string of the molecule is CCCOc1ccc(C(=O)NC(=S)NCCC2=CCCCC2)cc1Br. The lowest BCUT2D eigenvalue weighted by molar-refractivity contribution is 0.0976. The Bertz CT molecular complexity index is 646. The standard InChI is InChI=1S/C19H25BrN2O2S/c1-2-12-24-17-9-8-15(13-16(17)20)18(23)22-19(25)21-11-10-14-6-4-3-5-7-14/h6,8-9,13H,2-5,7,10-12H2,1H3,(H2,21,22,23,25). The molecule has 0 heterocycles. The average molecular weight is 425 g/mol. The number of nitrogens with one attached hydrogen (secondary N) is 2. The normalized spacial score (nSPS) is 13.8. The molecule has 0 spiro atoms. The number of thiocarbonyl (C=S) groups is 1. The summed E-state index contributed by atoms with van der Waals surface area (Å²) in [5.41, 5.74) is 2.02. The van der Waals surface area contributed by atoms with Crippen molar-refractivity contribution in [3.8, 4) is 5.75 Å². The highest BCUT2D eigenvalue weighted by Gasteiger charge is 2.11. The van der Waals surface area contributed by atoms with Gasteiger partial charge in [0.1, 0.15) is 5.75 Å². The summed E-state index contributed by atoms with van der Waals surface area (Å²) in [6.07, 6.45) is 9.18. The van der Waals surface area contributed by atoms with Gasteiger partial charge in [0.25, 0.3) is 5.91 Å². The number of allylic oxidation sites excluding steroid dienone is 1. The van der Waals surface area contributed by atoms with Crippen LogP contribution in [-0.2, 0) is 0 Å². The zero-order valence-corrected chi connectivity index (χ0v) is 17.0. The van der Waals surface area contributed by atoms with Gasteiger partial charge >= 0.3 is 0 Å². The molecule has 0 radical (unpaired) electrons. The summed E-state index contributed by atoms with van der Waals surface area (Å²) in [5, 5.41) is 6.20. The zero-order valence-electron chi connectivity index (χ0n) is 14.6. The molecule has 1 aliphatic carbocycles. The predicted molar refractivity (Wildman–Crippen MR) is 109 cm³/mol. The Balaban J connectivity index is 1.79. The van der Waals surface area contributed by atoms with E-state index in [1.807, 2.05) is 0 Å². The Morgan fingerprint density at radius 1 is 1.36 bits per heavy atom. The number of rotatable bonds is 7. The van der Waals surface area contributed by atoms with Crippen LogP contribution >= 0.6 is 28.1 Å². The van der Waals surface area contributed by atoms with E-state index in [-0.39, 0.29) is 5.91 Å². The van der Waals surface area contributed by atoms with Gasteiger partial charge in [0.05, 0.1) is 11.1 Å². The van der Waals surface area contributed by atoms with E-state index in [4.69, 9.17) is 17.0 Å². The van der Waals surface area contributed by atoms with Crippen LogP contribution < -0.4 is 15.4 Å². The molecule has 6 heteroatoms. The van der Waals surface area contributed by atoms with E-state index in [2.05, 4.69) is 39.6 Å². The second kappa shape index (κ2) is 10.6. The van der Waals surface area contributed by atoms with E-state index in [1.165, 1.54) is 31.3 Å². The summed E-state index contributed by atoms with van der Waals surface area (Å²) in [7, 11) is 0. The molecule has 25 heavy (non-hydrogen) atoms. The highest BCUT2D eigenvalue weighted by molar-refractivity contribution is 9.10. The van der Waals surface area contributed by atoms with Crippen molar-refractivity contribution in [2.24, 2.45) is 0 Å². The number of hydrogen-bond acceptors (Lipinski definition) is 3. The van der Waals surface area contributed by atoms with E-state index in [0.29, 0.717) is 17.3 Å². The molecule has 1 aliphatic rings. The second-order valence-electron chi connectivity index (χ2n) is 6.06. The fourth-order valence-corrected chi connectivity index (χ4v) is 3.35. The van der Waals surface area contributed by atoms with Gasteiger partial charge in [-0.05, 0) is 84.9 Å². The highest BCUT2D eigenvalue weighted by Crippen LogP contribution is 2.26. The van der Waals surface area contributed by atoms with Crippen LogP contribution in [0.15, 0.2) is 34.3 Å². The van der Waals surface area contributed by atoms with E-state index < -0.39 is 0 Å². The minimum absolute atomic E-state index is 0.225. The topological polar surface area (TPSA) is 50.4 Å². The summed E-state index contributed by atoms with van der Waals surface area (Å²) in [5.74, 6) is 0.511. The summed E-state index contributed by atoms with van der Waals surface area (Å²) in [4.78, 5) is 12.3. The van der Waals surface area contributed by atoms with Gasteiger partial charge in [-0.25, -0.2) is 0 Å². The van der Waals surface area contributed by atoms with Gasteiger partial charge in [0.2, 0.25) is 0 Å². The fraction of sp³-hybridized carbons (Fsp3) is 0.474. The maximum Gasteiger partial charge on any atom is 0.257 e. The van der Waals surface area contributed by atoms with Crippen LogP contribution in [-0.4, -0.2) is 24.2 Å². The van der Waals surface area contributed by atoms with Crippen molar-refractivity contribution in [2.75, 3.05) is 13.2 Å². The molecule has 1 aromatic rings. The summed E-state index contributed by atoms with van der Waals surface area (Å²) in [6, 6.07) is 5.27. The minimum atomic E-state index is -0.225. The first-order valence-corrected chi connectivity index (χ1v) is 9.99. The van der Waals surface area contributed by atoms with E-state index in [0.717, 1.165) is 29.6 Å². The fourth-order valence-electron chi connectivity index (χ4n) is 2.66. The van der Waals surface area contributed by atoms with Crippen LogP contribution in [0, 0.1) is 0 Å². The summed E-state index contributed by atoms with van der Waals surface area (Å²) >= 11 is 8.65. The third-order valence-electron chi connectivity index (χ3n) is 4.00. The number of carbonyl (C=O) groups excluding carboxylic acids is 1. The zero-order chi connectivity index (χ0) is 18.1. The Hall–Kier alpha value is -1.40. The van der Waals surface area contributed by atoms with Crippen molar-refractivity contribution in [2.45, 2.75) is 45.4 Å². The molecule has 0 fully saturated rings.